The van der Waals surface area contributed by atoms with E-state index in [1.807, 2.05) is 0 Å². The summed E-state index contributed by atoms with van der Waals surface area (Å²) in [5, 5.41) is 1.73. The lowest BCUT2D eigenvalue weighted by Crippen LogP contribution is -2.39. The minimum atomic E-state index is -1.88. The van der Waals surface area contributed by atoms with E-state index in [-0.39, 0.29) is 0 Å². The number of benzene rings is 3. The van der Waals surface area contributed by atoms with Crippen molar-refractivity contribution in [3.63, 3.8) is 0 Å². The van der Waals surface area contributed by atoms with Crippen LogP contribution in [-0.2, 0) is 0 Å². The topological polar surface area (TPSA) is 0 Å². The van der Waals surface area contributed by atoms with E-state index in [2.05, 4.69) is 113 Å². The Hall–Kier alpha value is -2.64. The highest BCUT2D eigenvalue weighted by Crippen LogP contribution is 2.56. The molecule has 5 rings (SSSR count). The lowest BCUT2D eigenvalue weighted by Gasteiger charge is -2.37. The van der Waals surface area contributed by atoms with Gasteiger partial charge in [0.1, 0.15) is 0 Å². The van der Waals surface area contributed by atoms with Crippen molar-refractivity contribution < 1.29 is 0 Å². The second-order valence-corrected chi connectivity index (χ2v) is 14.1. The fourth-order valence-electron chi connectivity index (χ4n) is 6.40. The second-order valence-electron chi connectivity index (χ2n) is 9.49. The van der Waals surface area contributed by atoms with Crippen molar-refractivity contribution in [3.8, 4) is 0 Å². The Labute approximate surface area is 182 Å². The average molecular weight is 407 g/mol. The normalized spacial score (nSPS) is 20.6. The van der Waals surface area contributed by atoms with Crippen LogP contribution in [0.2, 0.25) is 13.1 Å². The van der Waals surface area contributed by atoms with Crippen molar-refractivity contribution in [2.45, 2.75) is 45.3 Å². The van der Waals surface area contributed by atoms with Crippen molar-refractivity contribution in [1.29, 1.82) is 0 Å². The van der Waals surface area contributed by atoms with Crippen molar-refractivity contribution >= 4 is 24.8 Å². The fourth-order valence-corrected chi connectivity index (χ4v) is 11.2. The van der Waals surface area contributed by atoms with Crippen LogP contribution in [0.25, 0.3) is 16.7 Å². The van der Waals surface area contributed by atoms with E-state index in [0.717, 1.165) is 0 Å². The summed E-state index contributed by atoms with van der Waals surface area (Å²) < 4.78 is 0. The van der Waals surface area contributed by atoms with Gasteiger partial charge in [-0.25, -0.2) is 0 Å². The van der Waals surface area contributed by atoms with Gasteiger partial charge in [0, 0.05) is 5.54 Å². The zero-order chi connectivity index (χ0) is 21.0. The summed E-state index contributed by atoms with van der Waals surface area (Å²) in [5.41, 5.74) is 12.4. The minimum absolute atomic E-state index is 0.484. The molecule has 0 aromatic heterocycles. The first-order valence-corrected chi connectivity index (χ1v) is 14.2. The van der Waals surface area contributed by atoms with Gasteiger partial charge in [-0.05, 0) is 64.3 Å². The molecule has 0 heterocycles. The molecule has 0 nitrogen and oxygen atoms in total. The van der Waals surface area contributed by atoms with Crippen LogP contribution in [-0.4, -0.2) is 8.07 Å². The number of fused-ring (bicyclic) bond motifs is 2. The predicted molar refractivity (Wildman–Crippen MR) is 133 cm³/mol. The maximum atomic E-state index is 2.61. The SMILES string of the molecule is CC1=C([Si](C)(C)C2C(c3ccccc3)=C(C)c3ccccc32)C(C)c2ccccc21. The highest BCUT2D eigenvalue weighted by molar-refractivity contribution is 6.88. The van der Waals surface area contributed by atoms with Crippen LogP contribution < -0.4 is 0 Å². The molecule has 0 amide bonds. The average Bonchev–Trinajstić information content (AvgIpc) is 3.21. The minimum Gasteiger partial charge on any atom is -0.0694 e. The lowest BCUT2D eigenvalue weighted by molar-refractivity contribution is 0.947. The number of rotatable bonds is 3. The van der Waals surface area contributed by atoms with E-state index in [4.69, 9.17) is 0 Å². The Bertz CT molecular complexity index is 1190. The molecule has 1 heteroatoms. The van der Waals surface area contributed by atoms with Crippen molar-refractivity contribution in [1.82, 2.24) is 0 Å². The van der Waals surface area contributed by atoms with Crippen molar-refractivity contribution in [2.75, 3.05) is 0 Å². The third-order valence-corrected chi connectivity index (χ3v) is 11.8. The van der Waals surface area contributed by atoms with Crippen molar-refractivity contribution in [3.05, 3.63) is 112 Å². The Kier molecular flexibility index (Phi) is 4.48. The largest absolute Gasteiger partial charge is 0.0888 e. The van der Waals surface area contributed by atoms with E-state index in [1.54, 1.807) is 10.8 Å². The molecule has 2 unspecified atom stereocenters. The van der Waals surface area contributed by atoms with Gasteiger partial charge in [-0.3, -0.25) is 0 Å². The highest BCUT2D eigenvalue weighted by atomic mass is 28.3. The van der Waals surface area contributed by atoms with Gasteiger partial charge in [-0.15, -0.1) is 0 Å². The number of allylic oxidation sites excluding steroid dienone is 4. The van der Waals surface area contributed by atoms with E-state index in [9.17, 15) is 0 Å². The third kappa shape index (κ3) is 2.65. The number of hydrogen-bond donors (Lipinski definition) is 0. The monoisotopic (exact) mass is 406 g/mol. The van der Waals surface area contributed by atoms with Gasteiger partial charge >= 0.3 is 0 Å². The summed E-state index contributed by atoms with van der Waals surface area (Å²) >= 11 is 0. The third-order valence-electron chi connectivity index (χ3n) is 7.54. The predicted octanol–water partition coefficient (Wildman–Crippen LogP) is 8.09. The van der Waals surface area contributed by atoms with Crippen LogP contribution in [0.1, 0.15) is 60.0 Å². The standard InChI is InChI=1S/C29H30Si/c1-19-23-15-11-12-18-26(23)29(27(19)22-13-7-6-8-14-22)30(4,5)28-20(2)24-16-9-10-17-25(24)21(28)3/h6-18,20,29H,1-5H3. The van der Waals surface area contributed by atoms with Crippen LogP contribution >= 0.6 is 0 Å². The molecule has 2 aliphatic rings. The molecule has 0 bridgehead atoms. The van der Waals surface area contributed by atoms with Gasteiger partial charge in [0.2, 0.25) is 0 Å². The second kappa shape index (κ2) is 6.96. The van der Waals surface area contributed by atoms with Gasteiger partial charge in [-0.1, -0.05) is 104 Å². The molecular weight excluding hydrogens is 376 g/mol. The molecule has 2 atom stereocenters. The molecule has 30 heavy (non-hydrogen) atoms. The molecule has 0 radical (unpaired) electrons. The summed E-state index contributed by atoms with van der Waals surface area (Å²) in [6.45, 7) is 12.3. The fraction of sp³-hybridized carbons (Fsp3) is 0.241. The first-order valence-electron chi connectivity index (χ1n) is 11.1. The molecule has 0 fully saturated rings. The van der Waals surface area contributed by atoms with Gasteiger partial charge < -0.3 is 0 Å². The van der Waals surface area contributed by atoms with Crippen LogP contribution in [0.3, 0.4) is 0 Å². The Morgan fingerprint density at radius 3 is 1.80 bits per heavy atom. The molecular formula is C29H30Si. The Morgan fingerprint density at radius 1 is 0.633 bits per heavy atom. The summed E-state index contributed by atoms with van der Waals surface area (Å²) in [7, 11) is -1.88. The molecule has 3 aromatic rings. The van der Waals surface area contributed by atoms with Crippen LogP contribution in [0.15, 0.2) is 84.1 Å². The maximum absolute atomic E-state index is 2.61. The highest BCUT2D eigenvalue weighted by Gasteiger charge is 2.47. The molecule has 0 saturated heterocycles. The van der Waals surface area contributed by atoms with E-state index < -0.39 is 8.07 Å². The van der Waals surface area contributed by atoms with E-state index in [0.29, 0.717) is 11.5 Å². The zero-order valence-electron chi connectivity index (χ0n) is 18.7. The Balaban J connectivity index is 1.73. The van der Waals surface area contributed by atoms with Gasteiger partial charge in [0.05, 0.1) is 8.07 Å². The summed E-state index contributed by atoms with van der Waals surface area (Å²) in [5.74, 6) is 0.507. The van der Waals surface area contributed by atoms with Gasteiger partial charge in [0.25, 0.3) is 0 Å². The summed E-state index contributed by atoms with van der Waals surface area (Å²) in [6.07, 6.45) is 0. The van der Waals surface area contributed by atoms with E-state index >= 15 is 0 Å². The number of hydrogen-bond acceptors (Lipinski definition) is 0. The summed E-state index contributed by atoms with van der Waals surface area (Å²) in [6, 6.07) is 29.3. The first kappa shape index (κ1) is 19.3. The first-order chi connectivity index (χ1) is 14.4. The molecule has 0 saturated carbocycles. The van der Waals surface area contributed by atoms with Crippen LogP contribution in [0.4, 0.5) is 0 Å². The quantitative estimate of drug-likeness (QED) is 0.385. The Morgan fingerprint density at radius 2 is 1.17 bits per heavy atom. The smallest absolute Gasteiger partial charge is 0.0694 e. The zero-order valence-corrected chi connectivity index (χ0v) is 19.7. The molecule has 0 N–H and O–H groups in total. The molecule has 0 spiro atoms. The summed E-state index contributed by atoms with van der Waals surface area (Å²) in [4.78, 5) is 0. The lowest BCUT2D eigenvalue weighted by atomic mass is 10.0. The van der Waals surface area contributed by atoms with Crippen LogP contribution in [0, 0.1) is 0 Å². The van der Waals surface area contributed by atoms with Gasteiger partial charge in [-0.2, -0.15) is 0 Å². The molecule has 3 aromatic carbocycles. The maximum Gasteiger partial charge on any atom is 0.0888 e. The van der Waals surface area contributed by atoms with Crippen LogP contribution in [0.5, 0.6) is 0 Å². The van der Waals surface area contributed by atoms with Gasteiger partial charge in [0.15, 0.2) is 0 Å². The van der Waals surface area contributed by atoms with Crippen molar-refractivity contribution in [2.24, 2.45) is 0 Å². The molecule has 2 aliphatic carbocycles. The molecule has 150 valence electrons. The van der Waals surface area contributed by atoms with E-state index in [1.165, 1.54) is 39.0 Å². The molecule has 0 aliphatic heterocycles.